The van der Waals surface area contributed by atoms with Crippen molar-refractivity contribution in [2.75, 3.05) is 12.3 Å². The van der Waals surface area contributed by atoms with Crippen molar-refractivity contribution in [2.24, 2.45) is 4.40 Å². The van der Waals surface area contributed by atoms with Gasteiger partial charge in [0.05, 0.1) is 11.3 Å². The van der Waals surface area contributed by atoms with Crippen LogP contribution in [-0.4, -0.2) is 37.4 Å². The van der Waals surface area contributed by atoms with Gasteiger partial charge in [0.2, 0.25) is 0 Å². The van der Waals surface area contributed by atoms with Crippen LogP contribution in [0.4, 0.5) is 0 Å². The molecule has 0 amide bonds. The van der Waals surface area contributed by atoms with Gasteiger partial charge in [-0.3, -0.25) is 0 Å². The first-order valence-corrected chi connectivity index (χ1v) is 9.17. The van der Waals surface area contributed by atoms with Crippen LogP contribution in [-0.2, 0) is 26.2 Å². The first-order valence-electron chi connectivity index (χ1n) is 7.56. The van der Waals surface area contributed by atoms with Crippen LogP contribution in [0.25, 0.3) is 0 Å². The highest BCUT2D eigenvalue weighted by atomic mass is 32.2. The van der Waals surface area contributed by atoms with Gasteiger partial charge in [-0.05, 0) is 37.1 Å². The average molecular weight is 346 g/mol. The number of carbonyl (C=O) groups is 1. The molecular formula is C17H18N2O4S. The molecule has 6 nitrogen and oxygen atoms in total. The molecule has 2 aliphatic heterocycles. The van der Waals surface area contributed by atoms with Crippen LogP contribution in [0.15, 0.2) is 46.5 Å². The largest absolute Gasteiger partial charge is 0.457 e. The van der Waals surface area contributed by atoms with E-state index in [1.165, 1.54) is 12.2 Å². The number of hydrogen-bond donors (Lipinski definition) is 0. The summed E-state index contributed by atoms with van der Waals surface area (Å²) in [5, 5.41) is 0. The third-order valence-electron chi connectivity index (χ3n) is 3.92. The minimum absolute atomic E-state index is 0.0638. The van der Waals surface area contributed by atoms with Gasteiger partial charge in [-0.25, -0.2) is 13.2 Å². The van der Waals surface area contributed by atoms with Crippen molar-refractivity contribution in [1.82, 2.24) is 4.90 Å². The van der Waals surface area contributed by atoms with E-state index in [1.54, 1.807) is 11.1 Å². The fourth-order valence-electron chi connectivity index (χ4n) is 2.50. The van der Waals surface area contributed by atoms with Crippen molar-refractivity contribution >= 4 is 21.8 Å². The van der Waals surface area contributed by atoms with Crippen LogP contribution in [0.5, 0.6) is 0 Å². The normalized spacial score (nSPS) is 18.5. The molecule has 0 unspecified atom stereocenters. The molecule has 3 rings (SSSR count). The molecule has 1 aromatic carbocycles. The zero-order valence-corrected chi connectivity index (χ0v) is 14.3. The summed E-state index contributed by atoms with van der Waals surface area (Å²) in [5.74, 6) is -0.182. The molecule has 7 heteroatoms. The molecule has 2 heterocycles. The van der Waals surface area contributed by atoms with Crippen LogP contribution in [0.3, 0.4) is 0 Å². The number of aryl methyl sites for hydroxylation is 2. The number of rotatable bonds is 3. The van der Waals surface area contributed by atoms with E-state index in [9.17, 15) is 13.2 Å². The Bertz CT molecular complexity index is 882. The summed E-state index contributed by atoms with van der Waals surface area (Å²) in [6.45, 7) is 4.44. The maximum atomic E-state index is 12.2. The topological polar surface area (TPSA) is 76.0 Å². The van der Waals surface area contributed by atoms with Gasteiger partial charge in [0.25, 0.3) is 10.0 Å². The highest BCUT2D eigenvalue weighted by molar-refractivity contribution is 7.90. The Hall–Kier alpha value is -2.41. The van der Waals surface area contributed by atoms with E-state index in [-0.39, 0.29) is 18.9 Å². The molecule has 2 aliphatic rings. The number of amidine groups is 1. The number of benzene rings is 1. The summed E-state index contributed by atoms with van der Waals surface area (Å²) < 4.78 is 32.0. The second kappa shape index (κ2) is 6.24. The van der Waals surface area contributed by atoms with Gasteiger partial charge in [-0.1, -0.05) is 23.8 Å². The second-order valence-electron chi connectivity index (χ2n) is 5.85. The minimum atomic E-state index is -3.40. The summed E-state index contributed by atoms with van der Waals surface area (Å²) in [5.41, 5.74) is 3.52. The molecule has 1 aromatic rings. The molecule has 0 bridgehead atoms. The molecule has 0 spiro atoms. The van der Waals surface area contributed by atoms with Gasteiger partial charge in [0, 0.05) is 12.7 Å². The second-order valence-corrected chi connectivity index (χ2v) is 7.61. The summed E-state index contributed by atoms with van der Waals surface area (Å²) in [6.07, 6.45) is 4.63. The van der Waals surface area contributed by atoms with E-state index in [0.717, 1.165) is 16.7 Å². The molecule has 24 heavy (non-hydrogen) atoms. The lowest BCUT2D eigenvalue weighted by atomic mass is 10.1. The first-order chi connectivity index (χ1) is 11.3. The highest BCUT2D eigenvalue weighted by Crippen LogP contribution is 2.18. The van der Waals surface area contributed by atoms with E-state index in [0.29, 0.717) is 11.4 Å². The zero-order chi connectivity index (χ0) is 17.3. The Labute approximate surface area is 141 Å². The molecule has 0 saturated carbocycles. The van der Waals surface area contributed by atoms with Crippen LogP contribution < -0.4 is 0 Å². The van der Waals surface area contributed by atoms with Crippen molar-refractivity contribution in [3.05, 3.63) is 58.8 Å². The van der Waals surface area contributed by atoms with Crippen molar-refractivity contribution in [3.63, 3.8) is 0 Å². The van der Waals surface area contributed by atoms with E-state index in [2.05, 4.69) is 4.40 Å². The van der Waals surface area contributed by atoms with E-state index >= 15 is 0 Å². The Morgan fingerprint density at radius 1 is 1.29 bits per heavy atom. The third-order valence-corrected chi connectivity index (χ3v) is 5.09. The van der Waals surface area contributed by atoms with Crippen LogP contribution >= 0.6 is 0 Å². The quantitative estimate of drug-likeness (QED) is 0.781. The zero-order valence-electron chi connectivity index (χ0n) is 13.5. The molecule has 0 aromatic heterocycles. The number of nitrogens with zero attached hydrogens (tertiary/aromatic N) is 2. The minimum Gasteiger partial charge on any atom is -0.457 e. The van der Waals surface area contributed by atoms with Gasteiger partial charge >= 0.3 is 5.97 Å². The van der Waals surface area contributed by atoms with Crippen LogP contribution in [0.1, 0.15) is 16.7 Å². The standard InChI is InChI=1S/C17H18N2O4S/c1-12-3-4-13(2)15(9-12)11-23-17(20)14-5-6-16-18-24(21,22)8-7-19(16)10-14/h3-6,9-10H,7-8,11H2,1-2H3. The van der Waals surface area contributed by atoms with Gasteiger partial charge in [-0.2, -0.15) is 0 Å². The smallest absolute Gasteiger partial charge is 0.339 e. The molecule has 0 N–H and O–H groups in total. The maximum absolute atomic E-state index is 12.2. The number of esters is 1. The lowest BCUT2D eigenvalue weighted by Crippen LogP contribution is -2.37. The molecule has 0 radical (unpaired) electrons. The maximum Gasteiger partial charge on any atom is 0.339 e. The number of sulfonamides is 1. The van der Waals surface area contributed by atoms with E-state index in [1.807, 2.05) is 32.0 Å². The number of carbonyl (C=O) groups excluding carboxylic acids is 1. The van der Waals surface area contributed by atoms with Gasteiger partial charge in [-0.15, -0.1) is 4.40 Å². The van der Waals surface area contributed by atoms with E-state index < -0.39 is 16.0 Å². The fourth-order valence-corrected chi connectivity index (χ4v) is 3.47. The first kappa shape index (κ1) is 16.4. The monoisotopic (exact) mass is 346 g/mol. The van der Waals surface area contributed by atoms with Gasteiger partial charge in [0.15, 0.2) is 0 Å². The molecule has 126 valence electrons. The van der Waals surface area contributed by atoms with Crippen molar-refractivity contribution < 1.29 is 17.9 Å². The van der Waals surface area contributed by atoms with E-state index in [4.69, 9.17) is 4.74 Å². The third kappa shape index (κ3) is 3.56. The highest BCUT2D eigenvalue weighted by Gasteiger charge is 2.25. The predicted molar refractivity (Wildman–Crippen MR) is 90.9 cm³/mol. The molecule has 0 atom stereocenters. The van der Waals surface area contributed by atoms with Crippen molar-refractivity contribution in [3.8, 4) is 0 Å². The SMILES string of the molecule is Cc1ccc(C)c(COC(=O)C2=CN3CCS(=O)(=O)N=C3C=C2)c1. The Kier molecular flexibility index (Phi) is 4.28. The Morgan fingerprint density at radius 2 is 2.08 bits per heavy atom. The fraction of sp³-hybridized carbons (Fsp3) is 0.294. The van der Waals surface area contributed by atoms with Crippen molar-refractivity contribution in [2.45, 2.75) is 20.5 Å². The summed E-state index contributed by atoms with van der Waals surface area (Å²) in [6, 6.07) is 6.00. The Balaban J connectivity index is 1.70. The average Bonchev–Trinajstić information content (AvgIpc) is 2.54. The summed E-state index contributed by atoms with van der Waals surface area (Å²) in [7, 11) is -3.40. The lowest BCUT2D eigenvalue weighted by Gasteiger charge is -2.26. The Morgan fingerprint density at radius 3 is 2.88 bits per heavy atom. The van der Waals surface area contributed by atoms with Gasteiger partial charge < -0.3 is 9.64 Å². The van der Waals surface area contributed by atoms with Crippen molar-refractivity contribution in [1.29, 1.82) is 0 Å². The number of ether oxygens (including phenoxy) is 1. The molecular weight excluding hydrogens is 328 g/mol. The molecule has 0 fully saturated rings. The molecule has 0 aliphatic carbocycles. The number of fused-ring (bicyclic) bond motifs is 1. The van der Waals surface area contributed by atoms with Crippen LogP contribution in [0, 0.1) is 13.8 Å². The summed E-state index contributed by atoms with van der Waals surface area (Å²) in [4.78, 5) is 13.9. The summed E-state index contributed by atoms with van der Waals surface area (Å²) >= 11 is 0. The molecule has 0 saturated heterocycles. The predicted octanol–water partition coefficient (Wildman–Crippen LogP) is 1.84. The lowest BCUT2D eigenvalue weighted by molar-refractivity contribution is -0.139. The number of hydrogen-bond acceptors (Lipinski definition) is 5. The van der Waals surface area contributed by atoms with Crippen LogP contribution in [0.2, 0.25) is 0 Å². The van der Waals surface area contributed by atoms with Gasteiger partial charge in [0.1, 0.15) is 12.4 Å².